The van der Waals surface area contributed by atoms with Crippen molar-refractivity contribution in [3.8, 4) is 0 Å². The van der Waals surface area contributed by atoms with Crippen molar-refractivity contribution in [2.75, 3.05) is 0 Å². The first-order valence-electron chi connectivity index (χ1n) is 3.62. The van der Waals surface area contributed by atoms with E-state index in [1.165, 1.54) is 0 Å². The van der Waals surface area contributed by atoms with Crippen LogP contribution in [0.1, 0.15) is 18.1 Å². The molecule has 0 saturated heterocycles. The second-order valence-corrected chi connectivity index (χ2v) is 2.90. The van der Waals surface area contributed by atoms with Crippen molar-refractivity contribution in [1.82, 2.24) is 0 Å². The Hall–Kier alpha value is -0.530. The van der Waals surface area contributed by atoms with Gasteiger partial charge < -0.3 is 0 Å². The molecule has 59 valence electrons. The largest absolute Gasteiger partial charge is 0.232 e. The van der Waals surface area contributed by atoms with Gasteiger partial charge in [-0.2, -0.15) is 0 Å². The van der Waals surface area contributed by atoms with Gasteiger partial charge in [-0.1, -0.05) is 24.6 Å². The molecule has 0 saturated carbocycles. The first-order valence-corrected chi connectivity index (χ1v) is 4.00. The zero-order chi connectivity index (χ0) is 8.27. The molecule has 0 amide bonds. The van der Waals surface area contributed by atoms with Crippen molar-refractivity contribution in [2.45, 2.75) is 20.0 Å². The van der Waals surface area contributed by atoms with Gasteiger partial charge >= 0.3 is 0 Å². The third kappa shape index (κ3) is 2.21. The molecular formula is C9H10ClO. The highest BCUT2D eigenvalue weighted by Crippen LogP contribution is 2.15. The zero-order valence-electron chi connectivity index (χ0n) is 6.43. The van der Waals surface area contributed by atoms with Crippen LogP contribution in [0.2, 0.25) is 5.02 Å². The van der Waals surface area contributed by atoms with Gasteiger partial charge in [-0.25, -0.2) is 5.11 Å². The molecule has 0 aliphatic heterocycles. The highest BCUT2D eigenvalue weighted by atomic mass is 35.5. The normalized spacial score (nSPS) is 10.1. The molecule has 11 heavy (non-hydrogen) atoms. The van der Waals surface area contributed by atoms with Crippen molar-refractivity contribution in [3.63, 3.8) is 0 Å². The lowest BCUT2D eigenvalue weighted by atomic mass is 10.1. The smallest absolute Gasteiger partial charge is 0.107 e. The van der Waals surface area contributed by atoms with Crippen LogP contribution >= 0.6 is 11.6 Å². The maximum atomic E-state index is 10.5. The minimum Gasteiger partial charge on any atom is -0.232 e. The second kappa shape index (κ2) is 3.74. The Labute approximate surface area is 71.6 Å². The van der Waals surface area contributed by atoms with Gasteiger partial charge in [0.1, 0.15) is 6.61 Å². The monoisotopic (exact) mass is 169 g/mol. The van der Waals surface area contributed by atoms with E-state index in [0.29, 0.717) is 5.02 Å². The van der Waals surface area contributed by atoms with E-state index in [1.807, 2.05) is 19.1 Å². The molecule has 1 rings (SSSR count). The van der Waals surface area contributed by atoms with Gasteiger partial charge in [0, 0.05) is 5.02 Å². The Kier molecular flexibility index (Phi) is 2.92. The predicted octanol–water partition coefficient (Wildman–Crippen LogP) is 2.83. The highest BCUT2D eigenvalue weighted by Gasteiger charge is 1.96. The van der Waals surface area contributed by atoms with Crippen LogP contribution in [0.5, 0.6) is 0 Å². The standard InChI is InChI=1S/C9H10ClO/c1-2-7-3-8(6-11)5-9(10)4-7/h3-5H,2,6H2,1H3. The Morgan fingerprint density at radius 2 is 1.91 bits per heavy atom. The molecule has 1 aromatic carbocycles. The van der Waals surface area contributed by atoms with Gasteiger partial charge in [0.05, 0.1) is 0 Å². The van der Waals surface area contributed by atoms with E-state index in [1.54, 1.807) is 6.07 Å². The van der Waals surface area contributed by atoms with Gasteiger partial charge in [0.25, 0.3) is 0 Å². The van der Waals surface area contributed by atoms with Crippen LogP contribution in [0, 0.1) is 0 Å². The van der Waals surface area contributed by atoms with Crippen molar-refractivity contribution in [2.24, 2.45) is 0 Å². The summed E-state index contributed by atoms with van der Waals surface area (Å²) in [5.41, 5.74) is 1.90. The first kappa shape index (κ1) is 8.57. The fraction of sp³-hybridized carbons (Fsp3) is 0.333. The van der Waals surface area contributed by atoms with Crippen LogP contribution in [0.15, 0.2) is 18.2 Å². The second-order valence-electron chi connectivity index (χ2n) is 2.47. The lowest BCUT2D eigenvalue weighted by Crippen LogP contribution is -1.86. The van der Waals surface area contributed by atoms with Crippen molar-refractivity contribution < 1.29 is 5.11 Å². The molecule has 0 N–H and O–H groups in total. The summed E-state index contributed by atoms with van der Waals surface area (Å²) in [5.74, 6) is 0. The number of halogens is 1. The Morgan fingerprint density at radius 1 is 1.27 bits per heavy atom. The number of rotatable bonds is 2. The van der Waals surface area contributed by atoms with Gasteiger partial charge in [-0.05, 0) is 29.7 Å². The third-order valence-corrected chi connectivity index (χ3v) is 1.81. The molecular weight excluding hydrogens is 160 g/mol. The molecule has 0 heterocycles. The first-order chi connectivity index (χ1) is 5.26. The summed E-state index contributed by atoms with van der Waals surface area (Å²) in [6.45, 7) is 1.85. The summed E-state index contributed by atoms with van der Waals surface area (Å²) >= 11 is 5.77. The molecule has 0 aliphatic carbocycles. The number of hydrogen-bond donors (Lipinski definition) is 0. The predicted molar refractivity (Wildman–Crippen MR) is 45.2 cm³/mol. The highest BCUT2D eigenvalue weighted by molar-refractivity contribution is 6.30. The van der Waals surface area contributed by atoms with Crippen molar-refractivity contribution >= 4 is 11.6 Å². The molecule has 2 heteroatoms. The number of aryl methyl sites for hydroxylation is 1. The summed E-state index contributed by atoms with van der Waals surface area (Å²) in [5, 5.41) is 11.2. The fourth-order valence-electron chi connectivity index (χ4n) is 1.00. The molecule has 0 spiro atoms. The lowest BCUT2D eigenvalue weighted by Gasteiger charge is -2.00. The van der Waals surface area contributed by atoms with E-state index in [-0.39, 0.29) is 6.61 Å². The molecule has 0 atom stereocenters. The fourth-order valence-corrected chi connectivity index (χ4v) is 1.29. The summed E-state index contributed by atoms with van der Waals surface area (Å²) in [6, 6.07) is 5.51. The summed E-state index contributed by atoms with van der Waals surface area (Å²) in [4.78, 5) is 0. The van der Waals surface area contributed by atoms with Gasteiger partial charge in [-0.3, -0.25) is 0 Å². The average Bonchev–Trinajstić information content (AvgIpc) is 2.03. The maximum Gasteiger partial charge on any atom is 0.107 e. The Balaban J connectivity index is 3.02. The lowest BCUT2D eigenvalue weighted by molar-refractivity contribution is 0.177. The van der Waals surface area contributed by atoms with Crippen LogP contribution in [0.3, 0.4) is 0 Å². The Morgan fingerprint density at radius 3 is 2.45 bits per heavy atom. The molecule has 1 radical (unpaired) electrons. The van der Waals surface area contributed by atoms with Crippen molar-refractivity contribution in [1.29, 1.82) is 0 Å². The molecule has 0 unspecified atom stereocenters. The van der Waals surface area contributed by atoms with Crippen molar-refractivity contribution in [3.05, 3.63) is 34.3 Å². The average molecular weight is 170 g/mol. The van der Waals surface area contributed by atoms with E-state index in [9.17, 15) is 5.11 Å². The molecule has 1 nitrogen and oxygen atoms in total. The molecule has 0 fully saturated rings. The van der Waals surface area contributed by atoms with E-state index in [2.05, 4.69) is 0 Å². The maximum absolute atomic E-state index is 10.5. The van der Waals surface area contributed by atoms with Crippen LogP contribution in [-0.4, -0.2) is 0 Å². The summed E-state index contributed by atoms with van der Waals surface area (Å²) in [6.07, 6.45) is 0.924. The summed E-state index contributed by atoms with van der Waals surface area (Å²) < 4.78 is 0. The third-order valence-electron chi connectivity index (χ3n) is 1.59. The zero-order valence-corrected chi connectivity index (χ0v) is 7.19. The topological polar surface area (TPSA) is 19.9 Å². The minimum absolute atomic E-state index is 0.187. The van der Waals surface area contributed by atoms with E-state index >= 15 is 0 Å². The molecule has 0 aliphatic rings. The molecule has 0 aromatic heterocycles. The van der Waals surface area contributed by atoms with Crippen LogP contribution in [0.25, 0.3) is 0 Å². The van der Waals surface area contributed by atoms with Crippen LogP contribution in [0.4, 0.5) is 0 Å². The van der Waals surface area contributed by atoms with E-state index in [0.717, 1.165) is 17.5 Å². The summed E-state index contributed by atoms with van der Waals surface area (Å²) in [7, 11) is 0. The van der Waals surface area contributed by atoms with Crippen LogP contribution in [-0.2, 0) is 18.1 Å². The SMILES string of the molecule is CCc1cc(Cl)cc(C[O])c1. The number of benzene rings is 1. The van der Waals surface area contributed by atoms with Gasteiger partial charge in [0.2, 0.25) is 0 Å². The van der Waals surface area contributed by atoms with E-state index in [4.69, 9.17) is 11.6 Å². The van der Waals surface area contributed by atoms with Gasteiger partial charge in [0.15, 0.2) is 0 Å². The molecule has 1 aromatic rings. The van der Waals surface area contributed by atoms with E-state index < -0.39 is 0 Å². The van der Waals surface area contributed by atoms with Gasteiger partial charge in [-0.15, -0.1) is 0 Å². The number of hydrogen-bond acceptors (Lipinski definition) is 0. The van der Waals surface area contributed by atoms with Crippen LogP contribution < -0.4 is 0 Å². The Bertz CT molecular complexity index is 223. The minimum atomic E-state index is -0.187. The molecule has 0 bridgehead atoms. The quantitative estimate of drug-likeness (QED) is 0.649.